The molecule has 19 heavy (non-hydrogen) atoms. The summed E-state index contributed by atoms with van der Waals surface area (Å²) in [6.45, 7) is 0. The highest BCUT2D eigenvalue weighted by Crippen LogP contribution is 2.39. The van der Waals surface area contributed by atoms with Crippen molar-refractivity contribution >= 4 is 28.6 Å². The van der Waals surface area contributed by atoms with Gasteiger partial charge in [-0.25, -0.2) is 9.78 Å². The lowest BCUT2D eigenvalue weighted by molar-refractivity contribution is -0.276. The summed E-state index contributed by atoms with van der Waals surface area (Å²) < 4.78 is 76.0. The van der Waals surface area contributed by atoms with Gasteiger partial charge in [-0.15, -0.1) is 13.2 Å². The second-order valence-electron chi connectivity index (χ2n) is 3.02. The van der Waals surface area contributed by atoms with E-state index in [-0.39, 0.29) is 6.20 Å². The summed E-state index contributed by atoms with van der Waals surface area (Å²) in [6.07, 6.45) is -10.2. The average Bonchev–Trinajstić information content (AvgIpc) is 2.16. The van der Waals surface area contributed by atoms with Crippen LogP contribution >= 0.6 is 22.6 Å². The Balaban J connectivity index is 3.47. The van der Waals surface area contributed by atoms with Crippen LogP contribution in [0.3, 0.4) is 0 Å². The molecular weight excluding hydrogens is 399 g/mol. The van der Waals surface area contributed by atoms with Crippen molar-refractivity contribution < 1.29 is 41.0 Å². The Morgan fingerprint density at radius 1 is 1.26 bits per heavy atom. The Morgan fingerprint density at radius 2 is 1.79 bits per heavy atom. The van der Waals surface area contributed by atoms with Crippen LogP contribution in [-0.4, -0.2) is 22.4 Å². The average molecular weight is 401 g/mol. The van der Waals surface area contributed by atoms with Crippen molar-refractivity contribution in [1.82, 2.24) is 4.98 Å². The van der Waals surface area contributed by atoms with Crippen molar-refractivity contribution in [2.45, 2.75) is 12.5 Å². The molecule has 1 N–H and O–H groups in total. The minimum absolute atomic E-state index is 0.161. The van der Waals surface area contributed by atoms with E-state index in [0.717, 1.165) is 22.6 Å². The van der Waals surface area contributed by atoms with Gasteiger partial charge in [-0.1, -0.05) is 0 Å². The molecule has 106 valence electrons. The first-order valence-corrected chi connectivity index (χ1v) is 5.26. The molecule has 0 atom stereocenters. The second kappa shape index (κ2) is 5.02. The molecule has 0 aliphatic carbocycles. The number of rotatable bonds is 2. The zero-order valence-corrected chi connectivity index (χ0v) is 10.6. The van der Waals surface area contributed by atoms with E-state index >= 15 is 0 Å². The number of nitrogens with zero attached hydrogens (tertiary/aromatic N) is 1. The molecule has 0 aromatic carbocycles. The fourth-order valence-corrected chi connectivity index (χ4v) is 1.94. The highest BCUT2D eigenvalue weighted by molar-refractivity contribution is 14.1. The van der Waals surface area contributed by atoms with E-state index in [0.29, 0.717) is 0 Å². The molecule has 0 amide bonds. The maximum Gasteiger partial charge on any atom is 0.574 e. The van der Waals surface area contributed by atoms with Gasteiger partial charge in [0.25, 0.3) is 0 Å². The molecule has 0 aliphatic rings. The van der Waals surface area contributed by atoms with E-state index < -0.39 is 39.1 Å². The third kappa shape index (κ3) is 3.84. The first-order valence-electron chi connectivity index (χ1n) is 4.18. The molecule has 0 fully saturated rings. The number of aromatic carboxylic acids is 1. The largest absolute Gasteiger partial charge is 0.574 e. The molecule has 0 unspecified atom stereocenters. The fourth-order valence-electron chi connectivity index (χ4n) is 1.09. The molecule has 4 nitrogen and oxygen atoms in total. The first-order chi connectivity index (χ1) is 8.43. The summed E-state index contributed by atoms with van der Waals surface area (Å²) in [6, 6.07) is 0. The van der Waals surface area contributed by atoms with E-state index in [2.05, 4.69) is 9.72 Å². The predicted octanol–water partition coefficient (Wildman–Crippen LogP) is 3.30. The second-order valence-corrected chi connectivity index (χ2v) is 4.10. The van der Waals surface area contributed by atoms with Crippen LogP contribution in [0.25, 0.3) is 0 Å². The summed E-state index contributed by atoms with van der Waals surface area (Å²) in [4.78, 5) is 13.5. The Kier molecular flexibility index (Phi) is 4.17. The number of aromatic nitrogens is 1. The molecule has 0 saturated carbocycles. The molecule has 0 aliphatic heterocycles. The Morgan fingerprint density at radius 3 is 2.16 bits per heavy atom. The van der Waals surface area contributed by atoms with E-state index in [4.69, 9.17) is 5.11 Å². The zero-order valence-electron chi connectivity index (χ0n) is 8.43. The third-order valence-corrected chi connectivity index (χ3v) is 2.71. The number of carboxylic acids is 1. The smallest absolute Gasteiger partial charge is 0.478 e. The van der Waals surface area contributed by atoms with Crippen LogP contribution < -0.4 is 4.74 Å². The number of ether oxygens (including phenoxy) is 1. The maximum atomic E-state index is 12.6. The highest BCUT2D eigenvalue weighted by atomic mass is 127. The lowest BCUT2D eigenvalue weighted by Crippen LogP contribution is -2.22. The number of pyridine rings is 1. The SMILES string of the molecule is O=C(O)c1cnc(OC(F)(F)F)c(I)c1C(F)(F)F. The van der Waals surface area contributed by atoms with Crippen molar-refractivity contribution in [3.63, 3.8) is 0 Å². The van der Waals surface area contributed by atoms with Crippen LogP contribution in [-0.2, 0) is 6.18 Å². The summed E-state index contributed by atoms with van der Waals surface area (Å²) >= 11 is 0.894. The van der Waals surface area contributed by atoms with Crippen molar-refractivity contribution in [3.05, 3.63) is 20.9 Å². The van der Waals surface area contributed by atoms with Crippen molar-refractivity contribution in [2.24, 2.45) is 0 Å². The summed E-state index contributed by atoms with van der Waals surface area (Å²) in [5, 5.41) is 8.57. The normalized spacial score (nSPS) is 12.4. The van der Waals surface area contributed by atoms with Gasteiger partial charge in [-0.05, 0) is 22.6 Å². The van der Waals surface area contributed by atoms with Crippen LogP contribution in [0.5, 0.6) is 5.88 Å². The van der Waals surface area contributed by atoms with Crippen molar-refractivity contribution in [3.8, 4) is 5.88 Å². The molecule has 0 spiro atoms. The molecule has 0 radical (unpaired) electrons. The number of hydrogen-bond acceptors (Lipinski definition) is 3. The highest BCUT2D eigenvalue weighted by Gasteiger charge is 2.41. The summed E-state index contributed by atoms with van der Waals surface area (Å²) in [5.41, 5.74) is -3.00. The molecule has 1 aromatic heterocycles. The van der Waals surface area contributed by atoms with Crippen LogP contribution in [0.1, 0.15) is 15.9 Å². The topological polar surface area (TPSA) is 59.4 Å². The van der Waals surface area contributed by atoms with Gasteiger partial charge in [0.05, 0.1) is 14.7 Å². The molecule has 0 bridgehead atoms. The van der Waals surface area contributed by atoms with Crippen LogP contribution in [0.15, 0.2) is 6.20 Å². The van der Waals surface area contributed by atoms with Gasteiger partial charge in [-0.2, -0.15) is 13.2 Å². The lowest BCUT2D eigenvalue weighted by Gasteiger charge is -2.15. The molecular formula is C8H2F6INO3. The van der Waals surface area contributed by atoms with Gasteiger partial charge < -0.3 is 9.84 Å². The number of carboxylic acid groups (broad SMARTS) is 1. The quantitative estimate of drug-likeness (QED) is 0.611. The Labute approximate surface area is 114 Å². The maximum absolute atomic E-state index is 12.6. The molecule has 11 heteroatoms. The third-order valence-electron chi connectivity index (χ3n) is 1.71. The van der Waals surface area contributed by atoms with Crippen LogP contribution in [0, 0.1) is 3.57 Å². The van der Waals surface area contributed by atoms with Gasteiger partial charge in [-0.3, -0.25) is 0 Å². The number of carbonyl (C=O) groups is 1. The number of alkyl halides is 6. The zero-order chi connectivity index (χ0) is 15.0. The summed E-state index contributed by atoms with van der Waals surface area (Å²) in [7, 11) is 0. The molecule has 0 saturated heterocycles. The van der Waals surface area contributed by atoms with Crippen molar-refractivity contribution in [2.75, 3.05) is 0 Å². The summed E-state index contributed by atoms with van der Waals surface area (Å²) in [5.74, 6) is -3.32. The van der Waals surface area contributed by atoms with E-state index in [1.54, 1.807) is 0 Å². The van der Waals surface area contributed by atoms with E-state index in [1.807, 2.05) is 0 Å². The molecule has 1 aromatic rings. The van der Waals surface area contributed by atoms with E-state index in [9.17, 15) is 31.1 Å². The van der Waals surface area contributed by atoms with Gasteiger partial charge in [0.15, 0.2) is 0 Å². The Bertz CT molecular complexity index is 512. The van der Waals surface area contributed by atoms with Gasteiger partial charge in [0.1, 0.15) is 0 Å². The van der Waals surface area contributed by atoms with Gasteiger partial charge >= 0.3 is 18.5 Å². The van der Waals surface area contributed by atoms with E-state index in [1.165, 1.54) is 0 Å². The molecule has 1 heterocycles. The van der Waals surface area contributed by atoms with Crippen LogP contribution in [0.2, 0.25) is 0 Å². The minimum atomic E-state index is -5.24. The molecule has 1 rings (SSSR count). The fraction of sp³-hybridized carbons (Fsp3) is 0.250. The number of halogens is 7. The standard InChI is InChI=1S/C8H2F6INO3/c9-7(10,11)3-2(6(17)18)1-16-5(4(3)15)19-8(12,13)14/h1H,(H,17,18). The van der Waals surface area contributed by atoms with Gasteiger partial charge in [0.2, 0.25) is 5.88 Å². The monoisotopic (exact) mass is 401 g/mol. The van der Waals surface area contributed by atoms with Crippen LogP contribution in [0.4, 0.5) is 26.3 Å². The number of hydrogen-bond donors (Lipinski definition) is 1. The predicted molar refractivity (Wildman–Crippen MR) is 55.6 cm³/mol. The Hall–Kier alpha value is -1.27. The minimum Gasteiger partial charge on any atom is -0.478 e. The van der Waals surface area contributed by atoms with Gasteiger partial charge in [0, 0.05) is 6.20 Å². The van der Waals surface area contributed by atoms with Crippen molar-refractivity contribution in [1.29, 1.82) is 0 Å². The first kappa shape index (κ1) is 15.8. The lowest BCUT2D eigenvalue weighted by atomic mass is 10.1.